The molecular formula is C14H19F3N4O. The summed E-state index contributed by atoms with van der Waals surface area (Å²) in [5.41, 5.74) is 0.964. The zero-order valence-corrected chi connectivity index (χ0v) is 12.5. The summed E-state index contributed by atoms with van der Waals surface area (Å²) >= 11 is 0. The molecule has 1 aromatic heterocycles. The number of aryl methyl sites for hydroxylation is 1. The average Bonchev–Trinajstić information content (AvgIpc) is 2.48. The highest BCUT2D eigenvalue weighted by atomic mass is 19.4. The molecule has 2 atom stereocenters. The third kappa shape index (κ3) is 3.66. The summed E-state index contributed by atoms with van der Waals surface area (Å²) in [6, 6.07) is 0.178. The number of amides is 2. The molecule has 22 heavy (non-hydrogen) atoms. The highest BCUT2D eigenvalue weighted by molar-refractivity contribution is 5.89. The lowest BCUT2D eigenvalue weighted by molar-refractivity contribution is -0.195. The van der Waals surface area contributed by atoms with Crippen molar-refractivity contribution >= 4 is 11.7 Å². The molecule has 5 nitrogen and oxygen atoms in total. The molecule has 1 saturated carbocycles. The number of hydrogen-bond donors (Lipinski definition) is 1. The van der Waals surface area contributed by atoms with E-state index in [1.807, 2.05) is 0 Å². The van der Waals surface area contributed by atoms with Crippen molar-refractivity contribution in [3.8, 4) is 0 Å². The average molecular weight is 316 g/mol. The van der Waals surface area contributed by atoms with Crippen LogP contribution in [0, 0.1) is 12.8 Å². The number of urea groups is 1. The van der Waals surface area contributed by atoms with Crippen molar-refractivity contribution in [2.45, 2.75) is 44.8 Å². The maximum absolute atomic E-state index is 13.1. The number of hydrogen-bond acceptors (Lipinski definition) is 3. The maximum Gasteiger partial charge on any atom is 0.393 e. The van der Waals surface area contributed by atoms with Crippen molar-refractivity contribution in [3.05, 3.63) is 18.0 Å². The topological polar surface area (TPSA) is 58.1 Å². The normalized spacial score (nSPS) is 22.2. The zero-order chi connectivity index (χ0) is 16.3. The first-order valence-electron chi connectivity index (χ1n) is 7.19. The van der Waals surface area contributed by atoms with Gasteiger partial charge in [0.15, 0.2) is 0 Å². The highest BCUT2D eigenvalue weighted by Crippen LogP contribution is 2.39. The summed E-state index contributed by atoms with van der Waals surface area (Å²) in [6.45, 7) is 1.67. The van der Waals surface area contributed by atoms with Crippen molar-refractivity contribution in [3.63, 3.8) is 0 Å². The van der Waals surface area contributed by atoms with E-state index < -0.39 is 24.2 Å². The molecule has 1 aliphatic carbocycles. The summed E-state index contributed by atoms with van der Waals surface area (Å²) in [5.74, 6) is -1.46. The Kier molecular flexibility index (Phi) is 4.87. The van der Waals surface area contributed by atoms with E-state index in [4.69, 9.17) is 0 Å². The molecule has 8 heteroatoms. The Hall–Kier alpha value is -1.86. The largest absolute Gasteiger partial charge is 0.393 e. The summed E-state index contributed by atoms with van der Waals surface area (Å²) in [6.07, 6.45) is -1.19. The van der Waals surface area contributed by atoms with Gasteiger partial charge in [0.1, 0.15) is 0 Å². The molecule has 0 bridgehead atoms. The standard InChI is InChI=1S/C14H19F3N4O/c1-9-11(7-8-18-20-9)19-13(22)21(2)12-6-4-3-5-10(12)14(15,16)17/h7-8,10,12H,3-6H2,1-2H3,(H,18,19,22)/t10-,12+/m1/s1. The monoisotopic (exact) mass is 316 g/mol. The summed E-state index contributed by atoms with van der Waals surface area (Å²) in [4.78, 5) is 13.4. The van der Waals surface area contributed by atoms with Crippen LogP contribution in [-0.2, 0) is 0 Å². The molecule has 0 spiro atoms. The van der Waals surface area contributed by atoms with E-state index in [0.717, 1.165) is 4.90 Å². The molecule has 2 amide bonds. The molecule has 0 aliphatic heterocycles. The lowest BCUT2D eigenvalue weighted by Crippen LogP contribution is -2.49. The fraction of sp³-hybridized carbons (Fsp3) is 0.643. The van der Waals surface area contributed by atoms with Gasteiger partial charge in [0, 0.05) is 13.1 Å². The molecular weight excluding hydrogens is 297 g/mol. The van der Waals surface area contributed by atoms with E-state index in [2.05, 4.69) is 15.5 Å². The van der Waals surface area contributed by atoms with Crippen LogP contribution in [0.3, 0.4) is 0 Å². The first-order chi connectivity index (χ1) is 10.3. The van der Waals surface area contributed by atoms with Crippen molar-refractivity contribution in [2.24, 2.45) is 5.92 Å². The van der Waals surface area contributed by atoms with E-state index in [1.54, 1.807) is 13.0 Å². The van der Waals surface area contributed by atoms with Crippen LogP contribution in [0.1, 0.15) is 31.4 Å². The van der Waals surface area contributed by atoms with Gasteiger partial charge >= 0.3 is 12.2 Å². The molecule has 0 radical (unpaired) electrons. The van der Waals surface area contributed by atoms with E-state index >= 15 is 0 Å². The molecule has 2 rings (SSSR count). The van der Waals surface area contributed by atoms with Gasteiger partial charge in [-0.2, -0.15) is 23.4 Å². The van der Waals surface area contributed by atoms with Crippen LogP contribution in [0.4, 0.5) is 23.7 Å². The summed E-state index contributed by atoms with van der Waals surface area (Å²) in [7, 11) is 1.41. The molecule has 1 aliphatic rings. The number of rotatable bonds is 2. The second kappa shape index (κ2) is 6.50. The minimum Gasteiger partial charge on any atom is -0.324 e. The molecule has 1 fully saturated rings. The second-order valence-electron chi connectivity index (χ2n) is 5.57. The Morgan fingerprint density at radius 2 is 2.05 bits per heavy atom. The fourth-order valence-corrected chi connectivity index (χ4v) is 2.85. The second-order valence-corrected chi connectivity index (χ2v) is 5.57. The van der Waals surface area contributed by atoms with Crippen molar-refractivity contribution in [2.75, 3.05) is 12.4 Å². The Balaban J connectivity index is 2.10. The number of carbonyl (C=O) groups is 1. The predicted molar refractivity (Wildman–Crippen MR) is 75.4 cm³/mol. The number of halogens is 3. The van der Waals surface area contributed by atoms with Crippen molar-refractivity contribution in [1.29, 1.82) is 0 Å². The maximum atomic E-state index is 13.1. The molecule has 1 N–H and O–H groups in total. The first-order valence-corrected chi connectivity index (χ1v) is 7.19. The third-order valence-electron chi connectivity index (χ3n) is 4.11. The Bertz CT molecular complexity index is 535. The van der Waals surface area contributed by atoms with E-state index in [9.17, 15) is 18.0 Å². The van der Waals surface area contributed by atoms with Gasteiger partial charge in [0.25, 0.3) is 0 Å². The van der Waals surface area contributed by atoms with Gasteiger partial charge in [0.2, 0.25) is 0 Å². The molecule has 1 heterocycles. The summed E-state index contributed by atoms with van der Waals surface area (Å²) in [5, 5.41) is 10.1. The van der Waals surface area contributed by atoms with Gasteiger partial charge in [-0.05, 0) is 25.8 Å². The van der Waals surface area contributed by atoms with Crippen LogP contribution in [0.15, 0.2) is 12.3 Å². The predicted octanol–water partition coefficient (Wildman–Crippen LogP) is 3.37. The summed E-state index contributed by atoms with van der Waals surface area (Å²) < 4.78 is 39.4. The van der Waals surface area contributed by atoms with Gasteiger partial charge in [0.05, 0.1) is 23.5 Å². The van der Waals surface area contributed by atoms with Gasteiger partial charge in [-0.15, -0.1) is 0 Å². The molecule has 1 aromatic rings. The van der Waals surface area contributed by atoms with Crippen LogP contribution in [0.25, 0.3) is 0 Å². The van der Waals surface area contributed by atoms with Crippen LogP contribution < -0.4 is 5.32 Å². The molecule has 122 valence electrons. The van der Waals surface area contributed by atoms with Crippen LogP contribution in [-0.4, -0.2) is 40.4 Å². The Labute approximate surface area is 126 Å². The van der Waals surface area contributed by atoms with Gasteiger partial charge in [-0.1, -0.05) is 12.8 Å². The number of nitrogens with one attached hydrogen (secondary N) is 1. The minimum absolute atomic E-state index is 0.0711. The zero-order valence-electron chi connectivity index (χ0n) is 12.5. The smallest absolute Gasteiger partial charge is 0.324 e. The number of aromatic nitrogens is 2. The first kappa shape index (κ1) is 16.5. The molecule has 0 saturated heterocycles. The SMILES string of the molecule is Cc1nnccc1NC(=O)N(C)[C@H]1CCCC[C@H]1C(F)(F)F. The number of anilines is 1. The number of alkyl halides is 3. The van der Waals surface area contributed by atoms with E-state index in [0.29, 0.717) is 30.6 Å². The lowest BCUT2D eigenvalue weighted by atomic mass is 9.83. The van der Waals surface area contributed by atoms with Crippen LogP contribution in [0.2, 0.25) is 0 Å². The third-order valence-corrected chi connectivity index (χ3v) is 4.11. The Morgan fingerprint density at radius 1 is 1.36 bits per heavy atom. The Morgan fingerprint density at radius 3 is 2.68 bits per heavy atom. The quantitative estimate of drug-likeness (QED) is 0.910. The van der Waals surface area contributed by atoms with Crippen LogP contribution >= 0.6 is 0 Å². The van der Waals surface area contributed by atoms with Gasteiger partial charge in [-0.3, -0.25) is 0 Å². The van der Waals surface area contributed by atoms with E-state index in [1.165, 1.54) is 13.2 Å². The van der Waals surface area contributed by atoms with Crippen molar-refractivity contribution in [1.82, 2.24) is 15.1 Å². The van der Waals surface area contributed by atoms with Gasteiger partial charge < -0.3 is 10.2 Å². The fourth-order valence-electron chi connectivity index (χ4n) is 2.85. The number of carbonyl (C=O) groups excluding carboxylic acids is 1. The van der Waals surface area contributed by atoms with Crippen molar-refractivity contribution < 1.29 is 18.0 Å². The molecule has 0 unspecified atom stereocenters. The van der Waals surface area contributed by atoms with E-state index in [-0.39, 0.29) is 6.42 Å². The number of nitrogens with zero attached hydrogens (tertiary/aromatic N) is 3. The van der Waals surface area contributed by atoms with Crippen LogP contribution in [0.5, 0.6) is 0 Å². The minimum atomic E-state index is -4.28. The molecule has 0 aromatic carbocycles. The van der Waals surface area contributed by atoms with Gasteiger partial charge in [-0.25, -0.2) is 4.79 Å². The lowest BCUT2D eigenvalue weighted by Gasteiger charge is -2.38. The highest BCUT2D eigenvalue weighted by Gasteiger charge is 2.47.